The molecule has 3 rings (SSSR count). The number of halogens is 1. The molecule has 1 aromatic heterocycles. The van der Waals surface area contributed by atoms with Gasteiger partial charge in [-0.1, -0.05) is 19.1 Å². The predicted octanol–water partition coefficient (Wildman–Crippen LogP) is 4.13. The second-order valence-electron chi connectivity index (χ2n) is 5.88. The van der Waals surface area contributed by atoms with Crippen LogP contribution in [0.5, 0.6) is 0 Å². The number of nitriles is 1. The molecule has 23 heavy (non-hydrogen) atoms. The molecule has 0 amide bonds. The first kappa shape index (κ1) is 15.8. The average molecular weight is 328 g/mol. The zero-order valence-electron chi connectivity index (χ0n) is 13.0. The molecule has 2 aromatic rings. The summed E-state index contributed by atoms with van der Waals surface area (Å²) in [6.45, 7) is 3.97. The van der Waals surface area contributed by atoms with Crippen LogP contribution in [-0.4, -0.2) is 10.8 Å². The van der Waals surface area contributed by atoms with Crippen molar-refractivity contribution in [2.24, 2.45) is 5.92 Å². The number of carbonyl (C=O) groups is 1. The highest BCUT2D eigenvalue weighted by Gasteiger charge is 2.47. The van der Waals surface area contributed by atoms with Crippen LogP contribution in [0.3, 0.4) is 0 Å². The van der Waals surface area contributed by atoms with Crippen LogP contribution in [0.2, 0.25) is 0 Å². The molecule has 0 saturated heterocycles. The molecule has 1 heterocycles. The first-order valence-corrected chi connectivity index (χ1v) is 8.51. The van der Waals surface area contributed by atoms with E-state index in [0.29, 0.717) is 11.4 Å². The van der Waals surface area contributed by atoms with Gasteiger partial charge < -0.3 is 0 Å². The fraction of sp³-hybridized carbons (Fsp3) is 0.389. The topological polar surface area (TPSA) is 53.8 Å². The highest BCUT2D eigenvalue weighted by atomic mass is 32.1. The molecule has 0 N–H and O–H groups in total. The molecular formula is C18H17FN2OS. The second-order valence-corrected chi connectivity index (χ2v) is 7.11. The van der Waals surface area contributed by atoms with Gasteiger partial charge in [0.25, 0.3) is 0 Å². The van der Waals surface area contributed by atoms with Crippen molar-refractivity contribution in [3.63, 3.8) is 0 Å². The Morgan fingerprint density at radius 1 is 1.57 bits per heavy atom. The molecule has 0 aliphatic heterocycles. The number of hydrogen-bond donors (Lipinski definition) is 0. The van der Waals surface area contributed by atoms with Crippen LogP contribution in [-0.2, 0) is 11.2 Å². The van der Waals surface area contributed by atoms with E-state index in [9.17, 15) is 14.4 Å². The van der Waals surface area contributed by atoms with Crippen LogP contribution in [0.4, 0.5) is 4.39 Å². The van der Waals surface area contributed by atoms with Crippen molar-refractivity contribution in [3.8, 4) is 6.07 Å². The van der Waals surface area contributed by atoms with Crippen molar-refractivity contribution in [3.05, 3.63) is 51.2 Å². The summed E-state index contributed by atoms with van der Waals surface area (Å²) in [5.74, 6) is -1.35. The molecule has 0 radical (unpaired) electrons. The van der Waals surface area contributed by atoms with E-state index in [1.54, 1.807) is 6.07 Å². The van der Waals surface area contributed by atoms with Crippen LogP contribution in [0.25, 0.3) is 0 Å². The van der Waals surface area contributed by atoms with Crippen LogP contribution < -0.4 is 0 Å². The van der Waals surface area contributed by atoms with Gasteiger partial charge >= 0.3 is 0 Å². The van der Waals surface area contributed by atoms with Crippen LogP contribution in [0.15, 0.2) is 24.3 Å². The highest BCUT2D eigenvalue weighted by molar-refractivity contribution is 7.11. The molecule has 1 saturated carbocycles. The lowest BCUT2D eigenvalue weighted by Crippen LogP contribution is -2.13. The summed E-state index contributed by atoms with van der Waals surface area (Å²) in [7, 11) is 0. The van der Waals surface area contributed by atoms with E-state index in [4.69, 9.17) is 0 Å². The third-order valence-corrected chi connectivity index (χ3v) is 5.42. The zero-order chi connectivity index (χ0) is 16.6. The van der Waals surface area contributed by atoms with Crippen molar-refractivity contribution in [2.45, 2.75) is 38.5 Å². The van der Waals surface area contributed by atoms with E-state index in [2.05, 4.69) is 11.1 Å². The molecule has 0 unspecified atom stereocenters. The predicted molar refractivity (Wildman–Crippen MR) is 86.8 cm³/mol. The largest absolute Gasteiger partial charge is 0.297 e. The summed E-state index contributed by atoms with van der Waals surface area (Å²) in [5, 5.41) is 10.0. The Bertz CT molecular complexity index is 793. The van der Waals surface area contributed by atoms with Gasteiger partial charge in [-0.05, 0) is 43.4 Å². The van der Waals surface area contributed by atoms with Crippen LogP contribution in [0, 0.1) is 30.0 Å². The van der Waals surface area contributed by atoms with Gasteiger partial charge in [0.15, 0.2) is 11.7 Å². The van der Waals surface area contributed by atoms with E-state index in [-0.39, 0.29) is 23.4 Å². The minimum absolute atomic E-state index is 0.0285. The molecule has 3 nitrogen and oxygen atoms in total. The number of thiazole rings is 1. The Labute approximate surface area is 138 Å². The minimum Gasteiger partial charge on any atom is -0.297 e. The summed E-state index contributed by atoms with van der Waals surface area (Å²) in [4.78, 5) is 18.2. The zero-order valence-corrected chi connectivity index (χ0v) is 13.9. The van der Waals surface area contributed by atoms with E-state index in [0.717, 1.165) is 22.6 Å². The number of aromatic nitrogens is 1. The van der Waals surface area contributed by atoms with Crippen molar-refractivity contribution in [1.82, 2.24) is 4.98 Å². The Morgan fingerprint density at radius 3 is 2.96 bits per heavy atom. The molecule has 0 bridgehead atoms. The van der Waals surface area contributed by atoms with Crippen molar-refractivity contribution in [1.29, 1.82) is 5.26 Å². The molecule has 1 aliphatic carbocycles. The summed E-state index contributed by atoms with van der Waals surface area (Å²) in [5.41, 5.74) is 1.79. The van der Waals surface area contributed by atoms with Gasteiger partial charge in [0.2, 0.25) is 0 Å². The SMILES string of the molecule is CCc1nc([C@H](C#N)C(=O)[C@H]2C[C@@H]2c2cccc(F)c2)sc1C. The molecule has 1 aliphatic rings. The van der Waals surface area contributed by atoms with Gasteiger partial charge in [-0.25, -0.2) is 9.37 Å². The lowest BCUT2D eigenvalue weighted by molar-refractivity contribution is -0.120. The quantitative estimate of drug-likeness (QED) is 0.829. The van der Waals surface area contributed by atoms with Gasteiger partial charge in [0, 0.05) is 10.8 Å². The summed E-state index contributed by atoms with van der Waals surface area (Å²) in [6.07, 6.45) is 1.48. The highest BCUT2D eigenvalue weighted by Crippen LogP contribution is 2.50. The van der Waals surface area contributed by atoms with Gasteiger partial charge in [-0.2, -0.15) is 5.26 Å². The number of nitrogens with zero attached hydrogens (tertiary/aromatic N) is 2. The lowest BCUT2D eigenvalue weighted by atomic mass is 9.99. The molecule has 118 valence electrons. The maximum atomic E-state index is 13.3. The number of carbonyl (C=O) groups excluding carboxylic acids is 1. The number of Topliss-reactive ketones (excluding diaryl/α,β-unsaturated/α-hetero) is 1. The Balaban J connectivity index is 1.78. The normalized spacial score (nSPS) is 20.8. The van der Waals surface area contributed by atoms with E-state index in [1.807, 2.05) is 19.9 Å². The second kappa shape index (κ2) is 6.21. The molecule has 0 spiro atoms. The minimum atomic E-state index is -0.803. The molecular weight excluding hydrogens is 311 g/mol. The maximum Gasteiger partial charge on any atom is 0.160 e. The van der Waals surface area contributed by atoms with Crippen LogP contribution in [0.1, 0.15) is 46.3 Å². The third kappa shape index (κ3) is 3.04. The molecule has 3 atom stereocenters. The summed E-state index contributed by atoms with van der Waals surface area (Å²) >= 11 is 1.43. The Morgan fingerprint density at radius 2 is 2.35 bits per heavy atom. The van der Waals surface area contributed by atoms with Crippen molar-refractivity contribution in [2.75, 3.05) is 0 Å². The first-order chi connectivity index (χ1) is 11.0. The molecule has 1 aromatic carbocycles. The molecule has 1 fully saturated rings. The average Bonchev–Trinajstić information content (AvgIpc) is 3.25. The molecule has 5 heteroatoms. The van der Waals surface area contributed by atoms with Crippen LogP contribution >= 0.6 is 11.3 Å². The van der Waals surface area contributed by atoms with Gasteiger partial charge in [-0.3, -0.25) is 4.79 Å². The number of aryl methyl sites for hydroxylation is 2. The summed E-state index contributed by atoms with van der Waals surface area (Å²) in [6, 6.07) is 8.48. The fourth-order valence-electron chi connectivity index (χ4n) is 2.97. The van der Waals surface area contributed by atoms with Crippen molar-refractivity contribution >= 4 is 17.1 Å². The first-order valence-electron chi connectivity index (χ1n) is 7.70. The van der Waals surface area contributed by atoms with Gasteiger partial charge in [0.1, 0.15) is 10.8 Å². The monoisotopic (exact) mass is 328 g/mol. The van der Waals surface area contributed by atoms with Gasteiger partial charge in [0.05, 0.1) is 11.8 Å². The summed E-state index contributed by atoms with van der Waals surface area (Å²) < 4.78 is 13.3. The van der Waals surface area contributed by atoms with E-state index >= 15 is 0 Å². The smallest absolute Gasteiger partial charge is 0.160 e. The number of benzene rings is 1. The number of hydrogen-bond acceptors (Lipinski definition) is 4. The third-order valence-electron chi connectivity index (χ3n) is 4.34. The van der Waals surface area contributed by atoms with Gasteiger partial charge in [-0.15, -0.1) is 11.3 Å². The maximum absolute atomic E-state index is 13.3. The van der Waals surface area contributed by atoms with E-state index < -0.39 is 5.92 Å². The fourth-order valence-corrected chi connectivity index (χ4v) is 4.04. The Kier molecular flexibility index (Phi) is 4.27. The number of ketones is 1. The Hall–Kier alpha value is -2.06. The number of rotatable bonds is 5. The lowest BCUT2D eigenvalue weighted by Gasteiger charge is -2.05. The standard InChI is InChI=1S/C18H17FN2OS/c1-3-16-10(2)23-18(21-16)15(9-20)17(22)14-8-13(14)11-5-4-6-12(19)7-11/h4-7,13-15H,3,8H2,1-2H3/t13-,14+,15-/m1/s1. The van der Waals surface area contributed by atoms with E-state index in [1.165, 1.54) is 23.5 Å². The van der Waals surface area contributed by atoms with Crippen molar-refractivity contribution < 1.29 is 9.18 Å².